The van der Waals surface area contributed by atoms with Gasteiger partial charge >= 0.3 is 12.4 Å². The van der Waals surface area contributed by atoms with Gasteiger partial charge in [-0.2, -0.15) is 26.3 Å². The number of hydrogen-bond acceptors (Lipinski definition) is 4. The minimum absolute atomic E-state index is 0.126. The highest BCUT2D eigenvalue weighted by Crippen LogP contribution is 2.39. The van der Waals surface area contributed by atoms with Crippen molar-refractivity contribution in [3.63, 3.8) is 0 Å². The highest BCUT2D eigenvalue weighted by Gasteiger charge is 2.39. The van der Waals surface area contributed by atoms with Gasteiger partial charge < -0.3 is 9.72 Å². The molecule has 30 heavy (non-hydrogen) atoms. The fraction of sp³-hybridized carbons (Fsp3) is 0.118. The lowest BCUT2D eigenvalue weighted by atomic mass is 10.2. The van der Waals surface area contributed by atoms with Crippen LogP contribution in [0.15, 0.2) is 41.3 Å². The minimum atomic E-state index is -5.16. The third kappa shape index (κ3) is 4.68. The van der Waals surface area contributed by atoms with E-state index in [9.17, 15) is 31.1 Å². The number of aromatic nitrogens is 3. The van der Waals surface area contributed by atoms with Crippen molar-refractivity contribution in [1.29, 1.82) is 0 Å². The molecular formula is C17H7Cl2F6N3O2. The smallest absolute Gasteiger partial charge is 0.437 e. The molecule has 0 saturated carbocycles. The van der Waals surface area contributed by atoms with E-state index in [4.69, 9.17) is 27.9 Å². The molecule has 0 aliphatic carbocycles. The number of alkyl halides is 6. The maximum Gasteiger partial charge on any atom is 0.437 e. The number of H-pyrrole nitrogens is 1. The van der Waals surface area contributed by atoms with Crippen LogP contribution in [0.3, 0.4) is 0 Å². The second kappa shape index (κ2) is 7.80. The molecule has 0 spiro atoms. The third-order valence-corrected chi connectivity index (χ3v) is 4.13. The topological polar surface area (TPSA) is 67.9 Å². The molecule has 5 nitrogen and oxygen atoms in total. The van der Waals surface area contributed by atoms with Gasteiger partial charge in [0.2, 0.25) is 5.75 Å². The van der Waals surface area contributed by atoms with Crippen molar-refractivity contribution in [2.45, 2.75) is 12.4 Å². The average Bonchev–Trinajstić information content (AvgIpc) is 2.63. The van der Waals surface area contributed by atoms with Crippen LogP contribution in [0.1, 0.15) is 11.3 Å². The standard InChI is InChI=1S/C17H7Cl2F6N3O2/c18-7-1-4-11(26-6-7)14-27-13(17(23,24)25)12(15(29)28-14)30-8-2-3-10(19)9(5-8)16(20,21)22/h1-6H,(H,27,28,29). The summed E-state index contributed by atoms with van der Waals surface area (Å²) in [6, 6.07) is 4.56. The summed E-state index contributed by atoms with van der Waals surface area (Å²) in [6.45, 7) is 0. The lowest BCUT2D eigenvalue weighted by Gasteiger charge is -2.15. The van der Waals surface area contributed by atoms with Crippen molar-refractivity contribution >= 4 is 23.2 Å². The molecule has 0 atom stereocenters. The van der Waals surface area contributed by atoms with Crippen LogP contribution in [-0.4, -0.2) is 15.0 Å². The Morgan fingerprint density at radius 1 is 0.967 bits per heavy atom. The lowest BCUT2D eigenvalue weighted by Crippen LogP contribution is -2.21. The van der Waals surface area contributed by atoms with Crippen molar-refractivity contribution in [1.82, 2.24) is 15.0 Å². The molecule has 1 aromatic carbocycles. The van der Waals surface area contributed by atoms with E-state index in [0.29, 0.717) is 6.07 Å². The average molecular weight is 470 g/mol. The van der Waals surface area contributed by atoms with Gasteiger partial charge in [0, 0.05) is 6.20 Å². The van der Waals surface area contributed by atoms with Gasteiger partial charge in [0.1, 0.15) is 11.4 Å². The Morgan fingerprint density at radius 3 is 2.23 bits per heavy atom. The molecule has 3 rings (SSSR count). The van der Waals surface area contributed by atoms with Gasteiger partial charge in [0.15, 0.2) is 11.5 Å². The Morgan fingerprint density at radius 2 is 1.67 bits per heavy atom. The summed E-state index contributed by atoms with van der Waals surface area (Å²) in [5.74, 6) is -2.57. The summed E-state index contributed by atoms with van der Waals surface area (Å²) >= 11 is 11.1. The molecule has 0 aliphatic heterocycles. The summed E-state index contributed by atoms with van der Waals surface area (Å²) < 4.78 is 84.2. The monoisotopic (exact) mass is 469 g/mol. The maximum atomic E-state index is 13.5. The highest BCUT2D eigenvalue weighted by atomic mass is 35.5. The van der Waals surface area contributed by atoms with Crippen molar-refractivity contribution in [3.05, 3.63) is 68.2 Å². The Bertz CT molecular complexity index is 1140. The molecule has 0 bridgehead atoms. The van der Waals surface area contributed by atoms with Crippen LogP contribution in [0.5, 0.6) is 11.5 Å². The zero-order valence-electron chi connectivity index (χ0n) is 14.2. The number of ether oxygens (including phenoxy) is 1. The van der Waals surface area contributed by atoms with E-state index in [-0.39, 0.29) is 10.7 Å². The van der Waals surface area contributed by atoms with Crippen LogP contribution in [-0.2, 0) is 12.4 Å². The van der Waals surface area contributed by atoms with E-state index in [1.54, 1.807) is 0 Å². The molecule has 158 valence electrons. The van der Waals surface area contributed by atoms with Crippen molar-refractivity contribution < 1.29 is 31.1 Å². The zero-order valence-corrected chi connectivity index (χ0v) is 15.7. The fourth-order valence-corrected chi connectivity index (χ4v) is 2.63. The van der Waals surface area contributed by atoms with Crippen LogP contribution in [0.4, 0.5) is 26.3 Å². The van der Waals surface area contributed by atoms with Crippen molar-refractivity contribution in [3.8, 4) is 23.0 Å². The first-order valence-corrected chi connectivity index (χ1v) is 8.50. The van der Waals surface area contributed by atoms with Crippen LogP contribution in [0, 0.1) is 0 Å². The van der Waals surface area contributed by atoms with Crippen LogP contribution >= 0.6 is 23.2 Å². The molecule has 2 heterocycles. The van der Waals surface area contributed by atoms with Gasteiger partial charge in [-0.05, 0) is 30.3 Å². The van der Waals surface area contributed by atoms with Crippen LogP contribution in [0.25, 0.3) is 11.5 Å². The molecule has 0 radical (unpaired) electrons. The van der Waals surface area contributed by atoms with Crippen molar-refractivity contribution in [2.75, 3.05) is 0 Å². The molecular weight excluding hydrogens is 463 g/mol. The highest BCUT2D eigenvalue weighted by molar-refractivity contribution is 6.31. The number of aromatic amines is 1. The van der Waals surface area contributed by atoms with E-state index < -0.39 is 51.5 Å². The quantitative estimate of drug-likeness (QED) is 0.480. The molecule has 0 amide bonds. The van der Waals surface area contributed by atoms with Crippen molar-refractivity contribution in [2.24, 2.45) is 0 Å². The number of rotatable bonds is 3. The van der Waals surface area contributed by atoms with E-state index >= 15 is 0 Å². The molecule has 0 saturated heterocycles. The molecule has 3 aromatic rings. The first-order chi connectivity index (χ1) is 13.9. The van der Waals surface area contributed by atoms with Crippen LogP contribution < -0.4 is 10.3 Å². The number of hydrogen-bond donors (Lipinski definition) is 1. The first-order valence-electron chi connectivity index (χ1n) is 7.74. The Kier molecular flexibility index (Phi) is 5.70. The minimum Gasteiger partial charge on any atom is -0.449 e. The molecule has 1 N–H and O–H groups in total. The number of halogens is 8. The largest absolute Gasteiger partial charge is 0.449 e. The Balaban J connectivity index is 2.11. The van der Waals surface area contributed by atoms with Gasteiger partial charge in [-0.1, -0.05) is 23.2 Å². The normalized spacial score (nSPS) is 12.1. The van der Waals surface area contributed by atoms with E-state index in [1.807, 2.05) is 0 Å². The van der Waals surface area contributed by atoms with Gasteiger partial charge in [-0.3, -0.25) is 9.78 Å². The van der Waals surface area contributed by atoms with E-state index in [2.05, 4.69) is 15.0 Å². The third-order valence-electron chi connectivity index (χ3n) is 3.58. The summed E-state index contributed by atoms with van der Waals surface area (Å²) in [5.41, 5.74) is -4.60. The Hall–Kier alpha value is -2.79. The van der Waals surface area contributed by atoms with E-state index in [0.717, 1.165) is 18.3 Å². The summed E-state index contributed by atoms with van der Waals surface area (Å²) in [5, 5.41) is -0.498. The van der Waals surface area contributed by atoms with E-state index in [1.165, 1.54) is 12.1 Å². The number of nitrogens with one attached hydrogen (secondary N) is 1. The molecule has 0 aliphatic rings. The summed E-state index contributed by atoms with van der Waals surface area (Å²) in [4.78, 5) is 21.4. The predicted molar refractivity (Wildman–Crippen MR) is 94.6 cm³/mol. The maximum absolute atomic E-state index is 13.5. The zero-order chi connectivity index (χ0) is 22.3. The molecule has 13 heteroatoms. The lowest BCUT2D eigenvalue weighted by molar-refractivity contribution is -0.142. The van der Waals surface area contributed by atoms with Gasteiger partial charge in [-0.15, -0.1) is 0 Å². The Labute approximate surface area is 173 Å². The molecule has 0 unspecified atom stereocenters. The second-order valence-electron chi connectivity index (χ2n) is 5.69. The number of benzene rings is 1. The van der Waals surface area contributed by atoms with Gasteiger partial charge in [0.05, 0.1) is 15.6 Å². The SMILES string of the molecule is O=c1[nH]c(-c2ccc(Cl)cn2)nc(C(F)(F)F)c1Oc1ccc(Cl)c(C(F)(F)F)c1. The van der Waals surface area contributed by atoms with Gasteiger partial charge in [0.25, 0.3) is 5.56 Å². The first kappa shape index (κ1) is 21.9. The fourth-order valence-electron chi connectivity index (χ4n) is 2.29. The predicted octanol–water partition coefficient (Wildman–Crippen LogP) is 5.97. The molecule has 0 fully saturated rings. The van der Waals surface area contributed by atoms with Crippen LogP contribution in [0.2, 0.25) is 10.0 Å². The molecule has 2 aromatic heterocycles. The number of pyridine rings is 1. The van der Waals surface area contributed by atoms with Gasteiger partial charge in [-0.25, -0.2) is 4.98 Å². The summed E-state index contributed by atoms with van der Waals surface area (Å²) in [6.07, 6.45) is -8.93. The summed E-state index contributed by atoms with van der Waals surface area (Å²) in [7, 11) is 0. The second-order valence-corrected chi connectivity index (χ2v) is 6.54. The number of nitrogens with zero attached hydrogens (tertiary/aromatic N) is 2.